The zero-order chi connectivity index (χ0) is 15.5. The molecule has 0 saturated heterocycles. The van der Waals surface area contributed by atoms with Gasteiger partial charge in [-0.25, -0.2) is 0 Å². The number of aryl methyl sites for hydroxylation is 1. The highest BCUT2D eigenvalue weighted by Gasteiger charge is 2.42. The third-order valence-electron chi connectivity index (χ3n) is 5.14. The van der Waals surface area contributed by atoms with Crippen molar-refractivity contribution < 1.29 is 4.79 Å². The lowest BCUT2D eigenvalue weighted by molar-refractivity contribution is -0.132. The Morgan fingerprint density at radius 1 is 1.24 bits per heavy atom. The van der Waals surface area contributed by atoms with Crippen molar-refractivity contribution in [1.82, 2.24) is 4.90 Å². The molecule has 116 valence electrons. The summed E-state index contributed by atoms with van der Waals surface area (Å²) >= 11 is 0. The molecule has 1 saturated carbocycles. The monoisotopic (exact) mass is 287 g/mol. The quantitative estimate of drug-likeness (QED) is 0.819. The van der Waals surface area contributed by atoms with E-state index in [9.17, 15) is 4.79 Å². The average Bonchev–Trinajstić information content (AvgIpc) is 2.47. The molecule has 1 aliphatic carbocycles. The average molecular weight is 287 g/mol. The molecule has 0 aliphatic heterocycles. The Bertz CT molecular complexity index is 477. The van der Waals surface area contributed by atoms with E-state index in [1.165, 1.54) is 18.4 Å². The van der Waals surface area contributed by atoms with Crippen LogP contribution in [0.1, 0.15) is 50.7 Å². The van der Waals surface area contributed by atoms with Gasteiger partial charge in [-0.05, 0) is 50.4 Å². The Morgan fingerprint density at radius 2 is 1.86 bits per heavy atom. The fourth-order valence-electron chi connectivity index (χ4n) is 3.68. The van der Waals surface area contributed by atoms with Crippen LogP contribution in [-0.4, -0.2) is 30.3 Å². The van der Waals surface area contributed by atoms with Crippen LogP contribution in [0.3, 0.4) is 0 Å². The number of Topliss-reactive ketones (excluding diaryl/α,β-unsaturated/α-hetero) is 1. The molecule has 0 aromatic heterocycles. The zero-order valence-electron chi connectivity index (χ0n) is 14.0. The Labute approximate surface area is 129 Å². The summed E-state index contributed by atoms with van der Waals surface area (Å²) in [5.74, 6) is 1.04. The Morgan fingerprint density at radius 3 is 2.38 bits per heavy atom. The SMILES string of the molecule is CCc1ccc(CC(=O)C2(N(C)C)CCCC(C)C2)cc1. The predicted molar refractivity (Wildman–Crippen MR) is 88.6 cm³/mol. The number of carbonyl (C=O) groups is 1. The van der Waals surface area contributed by atoms with Crippen LogP contribution in [0.4, 0.5) is 0 Å². The number of benzene rings is 1. The van der Waals surface area contributed by atoms with E-state index in [-0.39, 0.29) is 5.54 Å². The van der Waals surface area contributed by atoms with Crippen LogP contribution < -0.4 is 0 Å². The Kier molecular flexibility index (Phi) is 5.21. The van der Waals surface area contributed by atoms with E-state index in [1.54, 1.807) is 0 Å². The van der Waals surface area contributed by atoms with Gasteiger partial charge in [-0.2, -0.15) is 0 Å². The van der Waals surface area contributed by atoms with Crippen molar-refractivity contribution in [2.45, 2.75) is 57.9 Å². The van der Waals surface area contributed by atoms with Crippen molar-refractivity contribution in [3.63, 3.8) is 0 Å². The van der Waals surface area contributed by atoms with Gasteiger partial charge in [0.1, 0.15) is 0 Å². The van der Waals surface area contributed by atoms with Crippen LogP contribution in [0.25, 0.3) is 0 Å². The molecule has 1 aliphatic rings. The molecule has 0 spiro atoms. The van der Waals surface area contributed by atoms with E-state index >= 15 is 0 Å². The third kappa shape index (κ3) is 3.55. The first-order valence-electron chi connectivity index (χ1n) is 8.26. The number of likely N-dealkylation sites (N-methyl/N-ethyl adjacent to an activating group) is 1. The molecule has 2 heteroatoms. The van der Waals surface area contributed by atoms with E-state index < -0.39 is 0 Å². The lowest BCUT2D eigenvalue weighted by Gasteiger charge is -2.44. The fourth-order valence-corrected chi connectivity index (χ4v) is 3.68. The van der Waals surface area contributed by atoms with E-state index in [0.29, 0.717) is 18.1 Å². The van der Waals surface area contributed by atoms with Crippen molar-refractivity contribution in [3.05, 3.63) is 35.4 Å². The minimum Gasteiger partial charge on any atom is -0.297 e. The maximum atomic E-state index is 13.0. The molecule has 0 bridgehead atoms. The summed E-state index contributed by atoms with van der Waals surface area (Å²) in [7, 11) is 4.13. The first kappa shape index (κ1) is 16.2. The molecule has 1 fully saturated rings. The number of hydrogen-bond donors (Lipinski definition) is 0. The van der Waals surface area contributed by atoms with Crippen LogP contribution in [0.2, 0.25) is 0 Å². The molecule has 0 radical (unpaired) electrons. The lowest BCUT2D eigenvalue weighted by Crippen LogP contribution is -2.54. The van der Waals surface area contributed by atoms with Crippen molar-refractivity contribution in [2.24, 2.45) is 5.92 Å². The van der Waals surface area contributed by atoms with Crippen LogP contribution in [0, 0.1) is 5.92 Å². The molecule has 2 nitrogen and oxygen atoms in total. The van der Waals surface area contributed by atoms with E-state index in [1.807, 2.05) is 0 Å². The first-order valence-corrected chi connectivity index (χ1v) is 8.26. The molecule has 2 rings (SSSR count). The van der Waals surface area contributed by atoms with Crippen molar-refractivity contribution in [3.8, 4) is 0 Å². The highest BCUT2D eigenvalue weighted by atomic mass is 16.1. The highest BCUT2D eigenvalue weighted by molar-refractivity contribution is 5.90. The molecule has 0 heterocycles. The molecule has 21 heavy (non-hydrogen) atoms. The van der Waals surface area contributed by atoms with Gasteiger partial charge >= 0.3 is 0 Å². The van der Waals surface area contributed by atoms with Gasteiger partial charge in [0.05, 0.1) is 5.54 Å². The Hall–Kier alpha value is -1.15. The van der Waals surface area contributed by atoms with Crippen molar-refractivity contribution in [2.75, 3.05) is 14.1 Å². The van der Waals surface area contributed by atoms with Gasteiger partial charge in [0, 0.05) is 6.42 Å². The summed E-state index contributed by atoms with van der Waals surface area (Å²) in [5, 5.41) is 0. The van der Waals surface area contributed by atoms with Crippen molar-refractivity contribution >= 4 is 5.78 Å². The van der Waals surface area contributed by atoms with Gasteiger partial charge in [0.25, 0.3) is 0 Å². The van der Waals surface area contributed by atoms with Crippen molar-refractivity contribution in [1.29, 1.82) is 0 Å². The molecule has 2 unspecified atom stereocenters. The molecule has 0 amide bonds. The molecule has 0 N–H and O–H groups in total. The summed E-state index contributed by atoms with van der Waals surface area (Å²) in [6.07, 6.45) is 6.05. The molecule has 2 atom stereocenters. The number of hydrogen-bond acceptors (Lipinski definition) is 2. The number of nitrogens with zero attached hydrogens (tertiary/aromatic N) is 1. The number of carbonyl (C=O) groups excluding carboxylic acids is 1. The topological polar surface area (TPSA) is 20.3 Å². The second-order valence-electron chi connectivity index (χ2n) is 6.90. The molecular weight excluding hydrogens is 258 g/mol. The summed E-state index contributed by atoms with van der Waals surface area (Å²) in [6, 6.07) is 8.53. The molecular formula is C19H29NO. The van der Waals surface area contributed by atoms with Gasteiger partial charge in [0.15, 0.2) is 5.78 Å². The third-order valence-corrected chi connectivity index (χ3v) is 5.14. The second-order valence-corrected chi connectivity index (χ2v) is 6.90. The maximum absolute atomic E-state index is 13.0. The van der Waals surface area contributed by atoms with Crippen LogP contribution in [0.5, 0.6) is 0 Å². The van der Waals surface area contributed by atoms with Crippen LogP contribution >= 0.6 is 0 Å². The van der Waals surface area contributed by atoms with Crippen LogP contribution in [0.15, 0.2) is 24.3 Å². The lowest BCUT2D eigenvalue weighted by atomic mass is 9.72. The summed E-state index contributed by atoms with van der Waals surface area (Å²) in [6.45, 7) is 4.44. The minimum atomic E-state index is -0.249. The Balaban J connectivity index is 2.14. The first-order chi connectivity index (χ1) is 9.98. The predicted octanol–water partition coefficient (Wildman–Crippen LogP) is 3.87. The second kappa shape index (κ2) is 6.74. The van der Waals surface area contributed by atoms with E-state index in [0.717, 1.165) is 24.8 Å². The van der Waals surface area contributed by atoms with Gasteiger partial charge in [0.2, 0.25) is 0 Å². The van der Waals surface area contributed by atoms with Gasteiger partial charge in [-0.1, -0.05) is 51.0 Å². The zero-order valence-corrected chi connectivity index (χ0v) is 14.0. The number of ketones is 1. The summed E-state index contributed by atoms with van der Waals surface area (Å²) in [4.78, 5) is 15.2. The highest BCUT2D eigenvalue weighted by Crippen LogP contribution is 2.37. The fraction of sp³-hybridized carbons (Fsp3) is 0.632. The van der Waals surface area contributed by atoms with E-state index in [4.69, 9.17) is 0 Å². The van der Waals surface area contributed by atoms with E-state index in [2.05, 4.69) is 57.1 Å². The van der Waals surface area contributed by atoms with Gasteiger partial charge in [-0.15, -0.1) is 0 Å². The largest absolute Gasteiger partial charge is 0.297 e. The standard InChI is InChI=1S/C19H29NO/c1-5-16-8-10-17(11-9-16)13-18(21)19(20(3)4)12-6-7-15(2)14-19/h8-11,15H,5-7,12-14H2,1-4H3. The minimum absolute atomic E-state index is 0.249. The van der Waals surface area contributed by atoms with Crippen LogP contribution in [-0.2, 0) is 17.6 Å². The summed E-state index contributed by atoms with van der Waals surface area (Å²) in [5.41, 5.74) is 2.23. The smallest absolute Gasteiger partial charge is 0.157 e. The maximum Gasteiger partial charge on any atom is 0.157 e. The number of rotatable bonds is 5. The molecule has 1 aromatic carbocycles. The summed E-state index contributed by atoms with van der Waals surface area (Å²) < 4.78 is 0. The normalized spacial score (nSPS) is 26.0. The van der Waals surface area contributed by atoms with Gasteiger partial charge < -0.3 is 0 Å². The molecule has 1 aromatic rings. The van der Waals surface area contributed by atoms with Gasteiger partial charge in [-0.3, -0.25) is 9.69 Å².